The fourth-order valence-corrected chi connectivity index (χ4v) is 8.74. The van der Waals surface area contributed by atoms with Gasteiger partial charge in [0.25, 0.3) is 0 Å². The molecule has 230 valence electrons. The third-order valence-electron chi connectivity index (χ3n) is 10.8. The van der Waals surface area contributed by atoms with E-state index in [1.165, 1.54) is 59.6 Å². The van der Waals surface area contributed by atoms with Gasteiger partial charge in [0.15, 0.2) is 5.82 Å². The van der Waals surface area contributed by atoms with Crippen LogP contribution in [0.1, 0.15) is 0 Å². The van der Waals surface area contributed by atoms with E-state index >= 15 is 0 Å². The van der Waals surface area contributed by atoms with Gasteiger partial charge in [0.05, 0.1) is 38.6 Å². The molecule has 4 heterocycles. The maximum absolute atomic E-state index is 5.58. The van der Waals surface area contributed by atoms with Crippen LogP contribution in [0.25, 0.3) is 110 Å². The highest BCUT2D eigenvalue weighted by Gasteiger charge is 2.25. The Morgan fingerprint density at radius 3 is 1.82 bits per heavy atom. The van der Waals surface area contributed by atoms with Crippen LogP contribution in [0, 0.1) is 0 Å². The minimum atomic E-state index is 0.830. The fourth-order valence-electron chi connectivity index (χ4n) is 8.74. The second-order valence-electron chi connectivity index (χ2n) is 13.3. The van der Waals surface area contributed by atoms with Gasteiger partial charge in [0.1, 0.15) is 5.69 Å². The topological polar surface area (TPSA) is 35.1 Å². The van der Waals surface area contributed by atoms with E-state index < -0.39 is 0 Å². The lowest BCUT2D eigenvalue weighted by Gasteiger charge is -2.15. The predicted molar refractivity (Wildman–Crippen MR) is 209 cm³/mol. The molecule has 0 atom stereocenters. The first-order valence-electron chi connectivity index (χ1n) is 17.1. The summed E-state index contributed by atoms with van der Waals surface area (Å²) in [5, 5.41) is 12.2. The largest absolute Gasteiger partial charge is 0.307 e. The van der Waals surface area contributed by atoms with Crippen LogP contribution in [0.3, 0.4) is 0 Å². The third kappa shape index (κ3) is 3.25. The zero-order valence-corrected chi connectivity index (χ0v) is 26.8. The number of hydrogen-bond donors (Lipinski definition) is 0. The number of hydrogen-bond acceptors (Lipinski definition) is 2. The van der Waals surface area contributed by atoms with E-state index in [9.17, 15) is 0 Å². The molecule has 0 amide bonds. The first kappa shape index (κ1) is 26.2. The van der Waals surface area contributed by atoms with Crippen molar-refractivity contribution in [1.29, 1.82) is 0 Å². The van der Waals surface area contributed by atoms with E-state index in [4.69, 9.17) is 9.97 Å². The van der Waals surface area contributed by atoms with Crippen molar-refractivity contribution in [1.82, 2.24) is 18.9 Å². The van der Waals surface area contributed by atoms with Crippen LogP contribution in [-0.2, 0) is 0 Å². The van der Waals surface area contributed by atoms with Gasteiger partial charge in [-0.2, -0.15) is 0 Å². The van der Waals surface area contributed by atoms with E-state index in [0.717, 1.165) is 49.9 Å². The van der Waals surface area contributed by atoms with Crippen molar-refractivity contribution < 1.29 is 0 Å². The van der Waals surface area contributed by atoms with Crippen LogP contribution in [0.15, 0.2) is 158 Å². The Kier molecular flexibility index (Phi) is 4.94. The lowest BCUT2D eigenvalue weighted by Crippen LogP contribution is -2.04. The van der Waals surface area contributed by atoms with Crippen LogP contribution < -0.4 is 0 Å². The Balaban J connectivity index is 1.35. The number of benzene rings is 8. The van der Waals surface area contributed by atoms with Gasteiger partial charge in [-0.1, -0.05) is 133 Å². The van der Waals surface area contributed by atoms with Gasteiger partial charge in [-0.15, -0.1) is 0 Å². The maximum Gasteiger partial charge on any atom is 0.165 e. The maximum atomic E-state index is 5.58. The number of rotatable bonds is 2. The molecule has 0 saturated heterocycles. The van der Waals surface area contributed by atoms with Crippen molar-refractivity contribution in [3.05, 3.63) is 158 Å². The molecule has 0 spiro atoms. The van der Waals surface area contributed by atoms with Gasteiger partial charge in [-0.3, -0.25) is 4.57 Å². The molecule has 0 aliphatic heterocycles. The molecule has 4 aromatic heterocycles. The summed E-state index contributed by atoms with van der Waals surface area (Å²) >= 11 is 0. The molecule has 12 rings (SSSR count). The number of aromatic nitrogens is 4. The zero-order valence-electron chi connectivity index (χ0n) is 26.8. The van der Waals surface area contributed by atoms with Crippen molar-refractivity contribution in [2.45, 2.75) is 0 Å². The summed E-state index contributed by atoms with van der Waals surface area (Å²) in [5.74, 6) is 0.830. The Morgan fingerprint density at radius 2 is 0.960 bits per heavy atom. The van der Waals surface area contributed by atoms with Crippen molar-refractivity contribution in [2.75, 3.05) is 0 Å². The third-order valence-corrected chi connectivity index (χ3v) is 10.8. The average molecular weight is 635 g/mol. The molecule has 0 aliphatic rings. The van der Waals surface area contributed by atoms with Gasteiger partial charge < -0.3 is 4.40 Å². The van der Waals surface area contributed by atoms with E-state index in [1.807, 2.05) is 0 Å². The molecule has 0 aliphatic carbocycles. The fraction of sp³-hybridized carbons (Fsp3) is 0. The smallest absolute Gasteiger partial charge is 0.165 e. The highest BCUT2D eigenvalue weighted by atomic mass is 15.1. The molecule has 8 aromatic carbocycles. The van der Waals surface area contributed by atoms with E-state index in [1.54, 1.807) is 0 Å². The molecule has 0 saturated carbocycles. The highest BCUT2D eigenvalue weighted by Crippen LogP contribution is 2.46. The zero-order chi connectivity index (χ0) is 32.5. The number of para-hydroxylation sites is 1. The Labute approximate surface area is 285 Å². The quantitative estimate of drug-likeness (QED) is 0.177. The van der Waals surface area contributed by atoms with Crippen LogP contribution in [0.5, 0.6) is 0 Å². The summed E-state index contributed by atoms with van der Waals surface area (Å²) in [7, 11) is 0. The first-order chi connectivity index (χ1) is 24.8. The van der Waals surface area contributed by atoms with E-state index in [-0.39, 0.29) is 0 Å². The summed E-state index contributed by atoms with van der Waals surface area (Å²) < 4.78 is 4.90. The van der Waals surface area contributed by atoms with Crippen molar-refractivity contribution in [2.24, 2.45) is 0 Å². The van der Waals surface area contributed by atoms with Gasteiger partial charge >= 0.3 is 0 Å². The van der Waals surface area contributed by atoms with Gasteiger partial charge in [-0.25, -0.2) is 9.97 Å². The second kappa shape index (κ2) is 9.43. The monoisotopic (exact) mass is 634 g/mol. The Morgan fingerprint density at radius 1 is 0.380 bits per heavy atom. The van der Waals surface area contributed by atoms with Crippen molar-refractivity contribution in [3.63, 3.8) is 0 Å². The summed E-state index contributed by atoms with van der Waals surface area (Å²) in [6.45, 7) is 0. The molecule has 0 bridgehead atoms. The highest BCUT2D eigenvalue weighted by molar-refractivity contribution is 6.32. The van der Waals surface area contributed by atoms with Crippen molar-refractivity contribution >= 4 is 92.5 Å². The Bertz CT molecular complexity index is 3370. The number of fused-ring (bicyclic) bond motifs is 10. The average Bonchev–Trinajstić information content (AvgIpc) is 3.67. The van der Waals surface area contributed by atoms with Crippen LogP contribution in [-0.4, -0.2) is 18.9 Å². The minimum absolute atomic E-state index is 0.830. The molecule has 12 aromatic rings. The van der Waals surface area contributed by atoms with Gasteiger partial charge in [-0.05, 0) is 40.4 Å². The first-order valence-corrected chi connectivity index (χ1v) is 17.1. The molecule has 4 nitrogen and oxygen atoms in total. The number of nitrogens with zero attached hydrogens (tertiary/aromatic N) is 4. The molecule has 0 N–H and O–H groups in total. The van der Waals surface area contributed by atoms with E-state index in [2.05, 4.69) is 167 Å². The summed E-state index contributed by atoms with van der Waals surface area (Å²) in [4.78, 5) is 11.0. The Hall–Kier alpha value is -6.78. The summed E-state index contributed by atoms with van der Waals surface area (Å²) in [6, 6.07) is 56.8. The van der Waals surface area contributed by atoms with Crippen LogP contribution in [0.4, 0.5) is 0 Å². The predicted octanol–water partition coefficient (Wildman–Crippen LogP) is 11.9. The lowest BCUT2D eigenvalue weighted by molar-refractivity contribution is 1.08. The standard InChI is InChI=1S/C46H26N4/c1-2-13-29(14-3-1)42-46(48-43-30-15-6-4-11-27(30)24-26-36(43)47-42)49-37-20-9-17-32-33-18-8-19-34-35-25-23-28-12-5-7-16-31(28)44(35)50(45(33)34)39-22-10-21-38(49)41(39)40(32)37/h1-26H. The van der Waals surface area contributed by atoms with Crippen molar-refractivity contribution in [3.8, 4) is 17.1 Å². The molecule has 50 heavy (non-hydrogen) atoms. The normalized spacial score (nSPS) is 12.4. The molecule has 0 unspecified atom stereocenters. The lowest BCUT2D eigenvalue weighted by atomic mass is 10.0. The van der Waals surface area contributed by atoms with Gasteiger partial charge in [0, 0.05) is 43.3 Å². The summed E-state index contributed by atoms with van der Waals surface area (Å²) in [6.07, 6.45) is 0. The molecule has 0 fully saturated rings. The summed E-state index contributed by atoms with van der Waals surface area (Å²) in [5.41, 5.74) is 9.60. The molecule has 0 radical (unpaired) electrons. The second-order valence-corrected chi connectivity index (χ2v) is 13.3. The van der Waals surface area contributed by atoms with Crippen LogP contribution >= 0.6 is 0 Å². The van der Waals surface area contributed by atoms with Crippen LogP contribution in [0.2, 0.25) is 0 Å². The minimum Gasteiger partial charge on any atom is -0.307 e. The SMILES string of the molecule is c1ccc(-c2nc3ccc4ccccc4c3nc2-n2c3cccc4c5cccc6c7ccc8ccccc8c7n(c7cccc2c7c43)c56)cc1. The molecule has 4 heteroatoms. The van der Waals surface area contributed by atoms with Gasteiger partial charge in [0.2, 0.25) is 0 Å². The molecular weight excluding hydrogens is 609 g/mol. The molecular formula is C46H26N4. The van der Waals surface area contributed by atoms with E-state index in [0.29, 0.717) is 0 Å².